The maximum Gasteiger partial charge on any atom is 0.223 e. The average molecular weight is 230 g/mol. The van der Waals surface area contributed by atoms with Gasteiger partial charge in [0.05, 0.1) is 0 Å². The number of nitrogens with one attached hydrogen (secondary N) is 2. The van der Waals surface area contributed by atoms with E-state index in [-0.39, 0.29) is 11.8 Å². The second kappa shape index (κ2) is 7.12. The Morgan fingerprint density at radius 2 is 2.40 bits per heavy atom. The van der Waals surface area contributed by atoms with Crippen molar-refractivity contribution in [2.75, 3.05) is 25.1 Å². The van der Waals surface area contributed by atoms with E-state index in [9.17, 15) is 4.79 Å². The van der Waals surface area contributed by atoms with Gasteiger partial charge in [-0.25, -0.2) is 0 Å². The predicted molar refractivity (Wildman–Crippen MR) is 66.2 cm³/mol. The number of piperidine rings is 1. The van der Waals surface area contributed by atoms with E-state index in [0.717, 1.165) is 38.1 Å². The highest BCUT2D eigenvalue weighted by Gasteiger charge is 2.23. The molecule has 0 unspecified atom stereocenters. The Hall–Kier alpha value is -0.220. The summed E-state index contributed by atoms with van der Waals surface area (Å²) in [6, 6.07) is 0.487. The first-order valence-corrected chi connectivity index (χ1v) is 7.13. The van der Waals surface area contributed by atoms with E-state index in [1.165, 1.54) is 0 Å². The fourth-order valence-corrected chi connectivity index (χ4v) is 2.38. The van der Waals surface area contributed by atoms with E-state index in [4.69, 9.17) is 0 Å². The Labute approximate surface area is 96.8 Å². The van der Waals surface area contributed by atoms with Crippen molar-refractivity contribution in [3.8, 4) is 0 Å². The summed E-state index contributed by atoms with van der Waals surface area (Å²) >= 11 is 1.83. The normalized spacial score (nSPS) is 26.3. The van der Waals surface area contributed by atoms with Gasteiger partial charge in [0.1, 0.15) is 0 Å². The molecule has 0 radical (unpaired) electrons. The Bertz CT molecular complexity index is 199. The summed E-state index contributed by atoms with van der Waals surface area (Å²) in [4.78, 5) is 11.8. The lowest BCUT2D eigenvalue weighted by molar-refractivity contribution is -0.126. The van der Waals surface area contributed by atoms with Crippen LogP contribution in [-0.2, 0) is 4.79 Å². The van der Waals surface area contributed by atoms with Gasteiger partial charge in [0, 0.05) is 18.5 Å². The molecule has 1 fully saturated rings. The number of hydrogen-bond acceptors (Lipinski definition) is 3. The molecule has 0 aromatic carbocycles. The lowest BCUT2D eigenvalue weighted by atomic mass is 9.92. The molecule has 2 N–H and O–H groups in total. The van der Waals surface area contributed by atoms with E-state index in [0.29, 0.717) is 6.04 Å². The van der Waals surface area contributed by atoms with E-state index in [1.54, 1.807) is 0 Å². The first-order chi connectivity index (χ1) is 7.24. The summed E-state index contributed by atoms with van der Waals surface area (Å²) in [6.45, 7) is 3.95. The van der Waals surface area contributed by atoms with Gasteiger partial charge < -0.3 is 10.6 Å². The third-order valence-electron chi connectivity index (χ3n) is 2.82. The van der Waals surface area contributed by atoms with Crippen LogP contribution in [0.2, 0.25) is 0 Å². The van der Waals surface area contributed by atoms with Gasteiger partial charge in [0.25, 0.3) is 0 Å². The third-order valence-corrected chi connectivity index (χ3v) is 3.52. The number of thioether (sulfide) groups is 1. The molecule has 0 aliphatic carbocycles. The van der Waals surface area contributed by atoms with E-state index >= 15 is 0 Å². The summed E-state index contributed by atoms with van der Waals surface area (Å²) in [5, 5.41) is 6.39. The molecule has 88 valence electrons. The quantitative estimate of drug-likeness (QED) is 0.698. The molecular weight excluding hydrogens is 208 g/mol. The Kier molecular flexibility index (Phi) is 6.10. The standard InChI is InChI=1S/C11H22N2OS/c1-9-8-10(4-6-12-9)11(14)13-5-3-7-15-2/h9-10,12H,3-8H2,1-2H3,(H,13,14)/t9-,10-/m0/s1. The molecule has 0 aromatic rings. The van der Waals surface area contributed by atoms with Crippen LogP contribution in [0.4, 0.5) is 0 Å². The Morgan fingerprint density at radius 1 is 1.60 bits per heavy atom. The van der Waals surface area contributed by atoms with Crippen LogP contribution < -0.4 is 10.6 Å². The minimum atomic E-state index is 0.232. The summed E-state index contributed by atoms with van der Waals surface area (Å²) in [7, 11) is 0. The number of carbonyl (C=O) groups excluding carboxylic acids is 1. The van der Waals surface area contributed by atoms with E-state index in [1.807, 2.05) is 11.8 Å². The molecule has 0 saturated carbocycles. The summed E-state index contributed by atoms with van der Waals surface area (Å²) in [5.74, 6) is 1.61. The lowest BCUT2D eigenvalue weighted by Gasteiger charge is -2.27. The van der Waals surface area contributed by atoms with Gasteiger partial charge in [0.15, 0.2) is 0 Å². The van der Waals surface area contributed by atoms with Crippen LogP contribution in [-0.4, -0.2) is 37.0 Å². The number of hydrogen-bond donors (Lipinski definition) is 2. The van der Waals surface area contributed by atoms with Crippen LogP contribution >= 0.6 is 11.8 Å². The lowest BCUT2D eigenvalue weighted by Crippen LogP contribution is -2.42. The van der Waals surface area contributed by atoms with Crippen LogP contribution in [0.5, 0.6) is 0 Å². The molecular formula is C11H22N2OS. The zero-order valence-corrected chi connectivity index (χ0v) is 10.5. The molecule has 1 saturated heterocycles. The average Bonchev–Trinajstić information content (AvgIpc) is 2.24. The largest absolute Gasteiger partial charge is 0.356 e. The van der Waals surface area contributed by atoms with Crippen LogP contribution in [0, 0.1) is 5.92 Å². The fourth-order valence-electron chi connectivity index (χ4n) is 1.94. The zero-order valence-electron chi connectivity index (χ0n) is 9.71. The molecule has 15 heavy (non-hydrogen) atoms. The zero-order chi connectivity index (χ0) is 11.1. The monoisotopic (exact) mass is 230 g/mol. The molecule has 1 aliphatic rings. The number of rotatable bonds is 5. The third kappa shape index (κ3) is 4.89. The van der Waals surface area contributed by atoms with Crippen LogP contribution in [0.1, 0.15) is 26.2 Å². The first-order valence-electron chi connectivity index (χ1n) is 5.74. The van der Waals surface area contributed by atoms with Crippen molar-refractivity contribution < 1.29 is 4.79 Å². The first kappa shape index (κ1) is 12.8. The van der Waals surface area contributed by atoms with Crippen molar-refractivity contribution in [3.63, 3.8) is 0 Å². The number of carbonyl (C=O) groups is 1. The maximum atomic E-state index is 11.8. The smallest absolute Gasteiger partial charge is 0.223 e. The van der Waals surface area contributed by atoms with Crippen molar-refractivity contribution in [3.05, 3.63) is 0 Å². The SMILES string of the molecule is CSCCCNC(=O)[C@H]1CCN[C@@H](C)C1. The molecule has 1 heterocycles. The topological polar surface area (TPSA) is 41.1 Å². The highest BCUT2D eigenvalue weighted by molar-refractivity contribution is 7.98. The molecule has 2 atom stereocenters. The fraction of sp³-hybridized carbons (Fsp3) is 0.909. The highest BCUT2D eigenvalue weighted by Crippen LogP contribution is 2.15. The second-order valence-corrected chi connectivity index (χ2v) is 5.20. The summed E-state index contributed by atoms with van der Waals surface area (Å²) in [5.41, 5.74) is 0. The van der Waals surface area contributed by atoms with Gasteiger partial charge in [-0.1, -0.05) is 0 Å². The van der Waals surface area contributed by atoms with Gasteiger partial charge in [-0.2, -0.15) is 11.8 Å². The van der Waals surface area contributed by atoms with Crippen LogP contribution in [0.25, 0.3) is 0 Å². The summed E-state index contributed by atoms with van der Waals surface area (Å²) < 4.78 is 0. The maximum absolute atomic E-state index is 11.8. The van der Waals surface area contributed by atoms with Crippen molar-refractivity contribution in [1.29, 1.82) is 0 Å². The van der Waals surface area contributed by atoms with E-state index in [2.05, 4.69) is 23.8 Å². The van der Waals surface area contributed by atoms with Crippen molar-refractivity contribution in [2.24, 2.45) is 5.92 Å². The molecule has 1 rings (SSSR count). The summed E-state index contributed by atoms with van der Waals surface area (Å²) in [6.07, 6.45) is 5.14. The van der Waals surface area contributed by atoms with Crippen molar-refractivity contribution >= 4 is 17.7 Å². The second-order valence-electron chi connectivity index (χ2n) is 4.21. The number of amides is 1. The minimum Gasteiger partial charge on any atom is -0.356 e. The molecule has 3 nitrogen and oxygen atoms in total. The van der Waals surface area contributed by atoms with Crippen LogP contribution in [0.15, 0.2) is 0 Å². The highest BCUT2D eigenvalue weighted by atomic mass is 32.2. The van der Waals surface area contributed by atoms with Gasteiger partial charge in [-0.05, 0) is 44.7 Å². The molecule has 1 aliphatic heterocycles. The molecule has 1 amide bonds. The molecule has 4 heteroatoms. The molecule has 0 spiro atoms. The molecule has 0 aromatic heterocycles. The van der Waals surface area contributed by atoms with E-state index < -0.39 is 0 Å². The minimum absolute atomic E-state index is 0.232. The van der Waals surface area contributed by atoms with Crippen LogP contribution in [0.3, 0.4) is 0 Å². The van der Waals surface area contributed by atoms with Gasteiger partial charge in [-0.3, -0.25) is 4.79 Å². The van der Waals surface area contributed by atoms with Gasteiger partial charge in [-0.15, -0.1) is 0 Å². The Morgan fingerprint density at radius 3 is 3.07 bits per heavy atom. The molecule has 0 bridgehead atoms. The predicted octanol–water partition coefficient (Wildman–Crippen LogP) is 1.24. The van der Waals surface area contributed by atoms with Crippen molar-refractivity contribution in [2.45, 2.75) is 32.2 Å². The Balaban J connectivity index is 2.15. The van der Waals surface area contributed by atoms with Crippen molar-refractivity contribution in [1.82, 2.24) is 10.6 Å². The van der Waals surface area contributed by atoms with Gasteiger partial charge in [0.2, 0.25) is 5.91 Å². The van der Waals surface area contributed by atoms with Gasteiger partial charge >= 0.3 is 0 Å².